The molecular formula is C17H26N2O3. The number of aliphatic hydroxyl groups is 1. The number of benzene rings is 1. The number of carbonyl (C=O) groups excluding carboxylic acids is 1. The van der Waals surface area contributed by atoms with E-state index in [9.17, 15) is 9.90 Å². The fourth-order valence-corrected chi connectivity index (χ4v) is 2.63. The van der Waals surface area contributed by atoms with Gasteiger partial charge in [0, 0.05) is 12.1 Å². The summed E-state index contributed by atoms with van der Waals surface area (Å²) in [6.45, 7) is 4.77. The Bertz CT molecular complexity index is 500. The van der Waals surface area contributed by atoms with Gasteiger partial charge in [-0.05, 0) is 31.7 Å². The van der Waals surface area contributed by atoms with Crippen LogP contribution in [0.5, 0.6) is 5.75 Å². The van der Waals surface area contributed by atoms with Crippen molar-refractivity contribution in [2.75, 3.05) is 13.2 Å². The standard InChI is InChI=1S/C17H26N2O3/c1-3-17(21,4-2)12-18-16(20)19-14-9-7-11-22-15-10-6-5-8-13(14)15/h5-6,8,10,14,21H,3-4,7,9,11-12H2,1-2H3,(H2,18,19,20). The number of para-hydroxylation sites is 1. The van der Waals surface area contributed by atoms with Gasteiger partial charge >= 0.3 is 6.03 Å². The normalized spacial score (nSPS) is 17.9. The number of amides is 2. The number of rotatable bonds is 5. The van der Waals surface area contributed by atoms with Crippen LogP contribution in [0.3, 0.4) is 0 Å². The topological polar surface area (TPSA) is 70.6 Å². The molecule has 1 aliphatic rings. The Morgan fingerprint density at radius 1 is 1.36 bits per heavy atom. The van der Waals surface area contributed by atoms with Gasteiger partial charge < -0.3 is 20.5 Å². The molecule has 0 spiro atoms. The van der Waals surface area contributed by atoms with Crippen LogP contribution in [0.15, 0.2) is 24.3 Å². The van der Waals surface area contributed by atoms with Crippen LogP contribution in [0.2, 0.25) is 0 Å². The van der Waals surface area contributed by atoms with Crippen LogP contribution in [0.25, 0.3) is 0 Å². The predicted molar refractivity (Wildman–Crippen MR) is 86.0 cm³/mol. The fourth-order valence-electron chi connectivity index (χ4n) is 2.63. The van der Waals surface area contributed by atoms with Gasteiger partial charge in [-0.2, -0.15) is 0 Å². The first-order valence-corrected chi connectivity index (χ1v) is 8.06. The van der Waals surface area contributed by atoms with Gasteiger partial charge in [-0.3, -0.25) is 0 Å². The molecule has 5 nitrogen and oxygen atoms in total. The van der Waals surface area contributed by atoms with Crippen molar-refractivity contribution < 1.29 is 14.6 Å². The first kappa shape index (κ1) is 16.6. The molecule has 1 heterocycles. The second-order valence-corrected chi connectivity index (χ2v) is 5.84. The number of ether oxygens (including phenoxy) is 1. The summed E-state index contributed by atoms with van der Waals surface area (Å²) in [4.78, 5) is 12.1. The number of nitrogens with one attached hydrogen (secondary N) is 2. The zero-order valence-electron chi connectivity index (χ0n) is 13.4. The number of hydrogen-bond acceptors (Lipinski definition) is 3. The Hall–Kier alpha value is -1.75. The van der Waals surface area contributed by atoms with Crippen molar-refractivity contribution in [2.45, 2.75) is 51.2 Å². The SMILES string of the molecule is CCC(O)(CC)CNC(=O)NC1CCCOc2ccccc21. The highest BCUT2D eigenvalue weighted by Crippen LogP contribution is 2.30. The molecule has 122 valence electrons. The summed E-state index contributed by atoms with van der Waals surface area (Å²) in [5.41, 5.74) is 0.179. The maximum atomic E-state index is 12.1. The van der Waals surface area contributed by atoms with E-state index in [2.05, 4.69) is 10.6 Å². The second-order valence-electron chi connectivity index (χ2n) is 5.84. The predicted octanol–water partition coefficient (Wildman–Crippen LogP) is 2.75. The average molecular weight is 306 g/mol. The van der Waals surface area contributed by atoms with Crippen LogP contribution in [0.1, 0.15) is 51.1 Å². The maximum absolute atomic E-state index is 12.1. The van der Waals surface area contributed by atoms with Crippen LogP contribution >= 0.6 is 0 Å². The molecule has 22 heavy (non-hydrogen) atoms. The van der Waals surface area contributed by atoms with Gasteiger partial charge in [-0.15, -0.1) is 0 Å². The number of hydrogen-bond donors (Lipinski definition) is 3. The van der Waals surface area contributed by atoms with Gasteiger partial charge in [-0.25, -0.2) is 4.79 Å². The lowest BCUT2D eigenvalue weighted by Gasteiger charge is -2.26. The third-order valence-electron chi connectivity index (χ3n) is 4.39. The molecule has 0 radical (unpaired) electrons. The van der Waals surface area contributed by atoms with Gasteiger partial charge in [0.15, 0.2) is 0 Å². The van der Waals surface area contributed by atoms with E-state index in [4.69, 9.17) is 4.74 Å². The molecule has 0 bridgehead atoms. The lowest BCUT2D eigenvalue weighted by Crippen LogP contribution is -2.46. The Morgan fingerprint density at radius 2 is 2.09 bits per heavy atom. The average Bonchev–Trinajstić information content (AvgIpc) is 2.75. The van der Waals surface area contributed by atoms with E-state index in [1.54, 1.807) is 0 Å². The highest BCUT2D eigenvalue weighted by Gasteiger charge is 2.25. The summed E-state index contributed by atoms with van der Waals surface area (Å²) in [6, 6.07) is 7.49. The highest BCUT2D eigenvalue weighted by molar-refractivity contribution is 5.74. The van der Waals surface area contributed by atoms with E-state index >= 15 is 0 Å². The molecule has 0 aliphatic carbocycles. The van der Waals surface area contributed by atoms with Crippen LogP contribution in [-0.2, 0) is 0 Å². The van der Waals surface area contributed by atoms with E-state index in [-0.39, 0.29) is 18.6 Å². The minimum Gasteiger partial charge on any atom is -0.493 e. The first-order chi connectivity index (χ1) is 10.6. The first-order valence-electron chi connectivity index (χ1n) is 8.06. The maximum Gasteiger partial charge on any atom is 0.315 e. The molecule has 1 aromatic carbocycles. The molecule has 1 aromatic rings. The van der Waals surface area contributed by atoms with E-state index in [1.165, 1.54) is 0 Å². The molecule has 1 atom stereocenters. The van der Waals surface area contributed by atoms with Crippen molar-refractivity contribution in [1.82, 2.24) is 10.6 Å². The van der Waals surface area contributed by atoms with Crippen molar-refractivity contribution >= 4 is 6.03 Å². The molecule has 0 saturated heterocycles. The second kappa shape index (κ2) is 7.49. The summed E-state index contributed by atoms with van der Waals surface area (Å²) in [7, 11) is 0. The Balaban J connectivity index is 1.97. The lowest BCUT2D eigenvalue weighted by molar-refractivity contribution is 0.0348. The van der Waals surface area contributed by atoms with Crippen molar-refractivity contribution in [1.29, 1.82) is 0 Å². The van der Waals surface area contributed by atoms with Crippen LogP contribution < -0.4 is 15.4 Å². The lowest BCUT2D eigenvalue weighted by atomic mass is 9.98. The molecule has 2 amide bonds. The van der Waals surface area contributed by atoms with E-state index in [1.807, 2.05) is 38.1 Å². The number of carbonyl (C=O) groups is 1. The third kappa shape index (κ3) is 4.13. The van der Waals surface area contributed by atoms with Gasteiger partial charge in [0.2, 0.25) is 0 Å². The number of urea groups is 1. The molecule has 0 saturated carbocycles. The van der Waals surface area contributed by atoms with E-state index < -0.39 is 5.60 Å². The zero-order valence-corrected chi connectivity index (χ0v) is 13.4. The molecule has 3 N–H and O–H groups in total. The molecule has 2 rings (SSSR count). The minimum absolute atomic E-state index is 0.0601. The Kier molecular flexibility index (Phi) is 5.66. The highest BCUT2D eigenvalue weighted by atomic mass is 16.5. The molecule has 0 aromatic heterocycles. The van der Waals surface area contributed by atoms with E-state index in [0.717, 1.165) is 24.2 Å². The molecule has 1 unspecified atom stereocenters. The fraction of sp³-hybridized carbons (Fsp3) is 0.588. The monoisotopic (exact) mass is 306 g/mol. The summed E-state index contributed by atoms with van der Waals surface area (Å²) in [5.74, 6) is 0.837. The smallest absolute Gasteiger partial charge is 0.315 e. The zero-order chi connectivity index (χ0) is 16.0. The molecule has 1 aliphatic heterocycles. The largest absolute Gasteiger partial charge is 0.493 e. The number of fused-ring (bicyclic) bond motifs is 1. The van der Waals surface area contributed by atoms with Crippen molar-refractivity contribution in [3.8, 4) is 5.75 Å². The summed E-state index contributed by atoms with van der Waals surface area (Å²) >= 11 is 0. The van der Waals surface area contributed by atoms with E-state index in [0.29, 0.717) is 19.4 Å². The summed E-state index contributed by atoms with van der Waals surface area (Å²) < 4.78 is 5.70. The Labute approximate surface area is 132 Å². The van der Waals surface area contributed by atoms with Crippen molar-refractivity contribution in [3.05, 3.63) is 29.8 Å². The van der Waals surface area contributed by atoms with Gasteiger partial charge in [-0.1, -0.05) is 32.0 Å². The summed E-state index contributed by atoms with van der Waals surface area (Å²) in [5, 5.41) is 16.0. The van der Waals surface area contributed by atoms with Gasteiger partial charge in [0.25, 0.3) is 0 Å². The van der Waals surface area contributed by atoms with Crippen molar-refractivity contribution in [3.63, 3.8) is 0 Å². The molecular weight excluding hydrogens is 280 g/mol. The summed E-state index contributed by atoms with van der Waals surface area (Å²) in [6.07, 6.45) is 2.97. The van der Waals surface area contributed by atoms with Crippen molar-refractivity contribution in [2.24, 2.45) is 0 Å². The van der Waals surface area contributed by atoms with Crippen LogP contribution in [-0.4, -0.2) is 29.9 Å². The van der Waals surface area contributed by atoms with Gasteiger partial charge in [0.05, 0.1) is 18.2 Å². The Morgan fingerprint density at radius 3 is 2.82 bits per heavy atom. The molecule has 5 heteroatoms. The minimum atomic E-state index is -0.832. The third-order valence-corrected chi connectivity index (χ3v) is 4.39. The van der Waals surface area contributed by atoms with Crippen LogP contribution in [0.4, 0.5) is 4.79 Å². The van der Waals surface area contributed by atoms with Gasteiger partial charge in [0.1, 0.15) is 5.75 Å². The quantitative estimate of drug-likeness (QED) is 0.783. The molecule has 0 fully saturated rings. The van der Waals surface area contributed by atoms with Crippen LogP contribution in [0, 0.1) is 0 Å².